The molecule has 0 atom stereocenters. The molecule has 0 bridgehead atoms. The summed E-state index contributed by atoms with van der Waals surface area (Å²) in [5.74, 6) is -0.712. The van der Waals surface area contributed by atoms with E-state index < -0.39 is 5.78 Å². The van der Waals surface area contributed by atoms with E-state index in [2.05, 4.69) is 15.2 Å². The van der Waals surface area contributed by atoms with Crippen molar-refractivity contribution >= 4 is 23.1 Å². The van der Waals surface area contributed by atoms with Gasteiger partial charge in [-0.15, -0.1) is 0 Å². The van der Waals surface area contributed by atoms with Crippen LogP contribution in [0.25, 0.3) is 16.9 Å². The fraction of sp³-hybridized carbons (Fsp3) is 0. The molecule has 7 heteroatoms. The van der Waals surface area contributed by atoms with Gasteiger partial charge in [-0.25, -0.2) is 4.98 Å². The van der Waals surface area contributed by atoms with Crippen LogP contribution in [0.2, 0.25) is 5.02 Å². The minimum absolute atomic E-state index is 0.0317. The minimum Gasteiger partial charge on any atom is -0.504 e. The predicted octanol–water partition coefficient (Wildman–Crippen LogP) is 3.50. The highest BCUT2D eigenvalue weighted by molar-refractivity contribution is 6.30. The first-order chi connectivity index (χ1) is 10.6. The normalized spacial score (nSPS) is 11.6. The number of allylic oxidation sites excluding steroid dienone is 1. The van der Waals surface area contributed by atoms with E-state index in [1.54, 1.807) is 24.3 Å². The highest BCUT2D eigenvalue weighted by Gasteiger charge is 2.17. The molecule has 0 unspecified atom stereocenters. The highest BCUT2D eigenvalue weighted by atomic mass is 35.5. The zero-order chi connectivity index (χ0) is 15.5. The van der Waals surface area contributed by atoms with Crippen LogP contribution in [-0.2, 0) is 0 Å². The summed E-state index contributed by atoms with van der Waals surface area (Å²) in [4.78, 5) is 16.0. The lowest BCUT2D eigenvalue weighted by Crippen LogP contribution is -1.98. The van der Waals surface area contributed by atoms with E-state index in [1.807, 2.05) is 6.07 Å². The number of rotatable bonds is 4. The molecule has 0 saturated heterocycles. The predicted molar refractivity (Wildman–Crippen MR) is 80.5 cm³/mol. The number of H-pyrrole nitrogens is 1. The third-order valence-corrected chi connectivity index (χ3v) is 3.17. The molecule has 0 saturated carbocycles. The lowest BCUT2D eigenvalue weighted by molar-refractivity contribution is 0.102. The largest absolute Gasteiger partial charge is 0.504 e. The van der Waals surface area contributed by atoms with Gasteiger partial charge in [0.2, 0.25) is 11.6 Å². The Morgan fingerprint density at radius 3 is 2.95 bits per heavy atom. The average Bonchev–Trinajstić information content (AvgIpc) is 3.18. The van der Waals surface area contributed by atoms with Crippen molar-refractivity contribution in [1.82, 2.24) is 15.2 Å². The second-order valence-electron chi connectivity index (χ2n) is 4.39. The van der Waals surface area contributed by atoms with Crippen LogP contribution in [-0.4, -0.2) is 26.1 Å². The first kappa shape index (κ1) is 14.1. The molecule has 3 rings (SSSR count). The zero-order valence-electron chi connectivity index (χ0n) is 11.2. The van der Waals surface area contributed by atoms with Crippen LogP contribution in [0.1, 0.15) is 16.4 Å². The molecule has 0 fully saturated rings. The molecule has 6 nitrogen and oxygen atoms in total. The second-order valence-corrected chi connectivity index (χ2v) is 4.83. The van der Waals surface area contributed by atoms with E-state index in [-0.39, 0.29) is 17.3 Å². The number of furan rings is 1. The van der Waals surface area contributed by atoms with Crippen molar-refractivity contribution in [3.63, 3.8) is 0 Å². The van der Waals surface area contributed by atoms with Gasteiger partial charge in [0.25, 0.3) is 0 Å². The van der Waals surface area contributed by atoms with Crippen molar-refractivity contribution in [3.05, 3.63) is 65.6 Å². The fourth-order valence-corrected chi connectivity index (χ4v) is 2.16. The summed E-state index contributed by atoms with van der Waals surface area (Å²) in [6.07, 6.45) is 3.71. The number of aliphatic hydroxyl groups excluding tert-OH is 1. The maximum absolute atomic E-state index is 12.3. The Balaban J connectivity index is 1.95. The molecule has 2 heterocycles. The van der Waals surface area contributed by atoms with Gasteiger partial charge >= 0.3 is 0 Å². The summed E-state index contributed by atoms with van der Waals surface area (Å²) in [6, 6.07) is 8.71. The number of hydrogen-bond donors (Lipinski definition) is 2. The number of carbonyl (C=O) groups is 1. The van der Waals surface area contributed by atoms with Gasteiger partial charge in [0.05, 0.1) is 6.26 Å². The van der Waals surface area contributed by atoms with Gasteiger partial charge < -0.3 is 9.52 Å². The summed E-state index contributed by atoms with van der Waals surface area (Å²) >= 11 is 5.96. The molecular formula is C15H10ClN3O3. The molecule has 1 aromatic carbocycles. The Morgan fingerprint density at radius 1 is 1.36 bits per heavy atom. The molecule has 110 valence electrons. The fourth-order valence-electron chi connectivity index (χ4n) is 1.97. The number of hydrogen-bond acceptors (Lipinski definition) is 5. The van der Waals surface area contributed by atoms with Gasteiger partial charge in [-0.3, -0.25) is 9.89 Å². The first-order valence-electron chi connectivity index (χ1n) is 6.29. The third-order valence-electron chi connectivity index (χ3n) is 2.94. The number of aliphatic hydroxyl groups is 1. The summed E-state index contributed by atoms with van der Waals surface area (Å²) in [6.45, 7) is 0. The van der Waals surface area contributed by atoms with Crippen molar-refractivity contribution in [2.75, 3.05) is 0 Å². The lowest BCUT2D eigenvalue weighted by atomic mass is 10.0. The lowest BCUT2D eigenvalue weighted by Gasteiger charge is -2.01. The van der Waals surface area contributed by atoms with Gasteiger partial charge in [0, 0.05) is 16.7 Å². The average molecular weight is 316 g/mol. The summed E-state index contributed by atoms with van der Waals surface area (Å²) in [5, 5.41) is 16.5. The standard InChI is InChI=1S/C15H10ClN3O3/c16-10-3-1-2-9(6-10)11-4-5-22-14(11)12(20)7-13(21)15-17-8-18-19-15/h1-8,21H,(H,17,18,19). The topological polar surface area (TPSA) is 92.0 Å². The van der Waals surface area contributed by atoms with Crippen LogP contribution in [0, 0.1) is 0 Å². The molecule has 0 aliphatic carbocycles. The first-order valence-corrected chi connectivity index (χ1v) is 6.67. The molecular weight excluding hydrogens is 306 g/mol. The molecule has 3 aromatic rings. The van der Waals surface area contributed by atoms with Crippen molar-refractivity contribution in [2.24, 2.45) is 0 Å². The van der Waals surface area contributed by atoms with E-state index >= 15 is 0 Å². The molecule has 0 aliphatic rings. The van der Waals surface area contributed by atoms with Crippen LogP contribution < -0.4 is 0 Å². The van der Waals surface area contributed by atoms with Crippen molar-refractivity contribution in [1.29, 1.82) is 0 Å². The number of aromatic amines is 1. The van der Waals surface area contributed by atoms with Crippen molar-refractivity contribution in [3.8, 4) is 11.1 Å². The molecule has 0 amide bonds. The van der Waals surface area contributed by atoms with Crippen molar-refractivity contribution < 1.29 is 14.3 Å². The van der Waals surface area contributed by atoms with Gasteiger partial charge in [0.15, 0.2) is 11.5 Å². The Kier molecular flexibility index (Phi) is 3.76. The van der Waals surface area contributed by atoms with Crippen molar-refractivity contribution in [2.45, 2.75) is 0 Å². The van der Waals surface area contributed by atoms with Crippen LogP contribution in [0.5, 0.6) is 0 Å². The number of benzene rings is 1. The van der Waals surface area contributed by atoms with E-state index in [9.17, 15) is 9.90 Å². The number of halogens is 1. The number of nitrogens with one attached hydrogen (secondary N) is 1. The maximum Gasteiger partial charge on any atom is 0.225 e. The highest BCUT2D eigenvalue weighted by Crippen LogP contribution is 2.28. The Labute approximate surface area is 130 Å². The molecule has 0 spiro atoms. The molecule has 2 N–H and O–H groups in total. The summed E-state index contributed by atoms with van der Waals surface area (Å²) in [5.41, 5.74) is 1.34. The summed E-state index contributed by atoms with van der Waals surface area (Å²) < 4.78 is 5.24. The number of nitrogens with zero attached hydrogens (tertiary/aromatic N) is 2. The smallest absolute Gasteiger partial charge is 0.225 e. The number of aromatic nitrogens is 3. The summed E-state index contributed by atoms with van der Waals surface area (Å²) in [7, 11) is 0. The number of carbonyl (C=O) groups excluding carboxylic acids is 1. The van der Waals surface area contributed by atoms with Gasteiger partial charge in [0.1, 0.15) is 6.33 Å². The second kappa shape index (κ2) is 5.87. The molecule has 22 heavy (non-hydrogen) atoms. The zero-order valence-corrected chi connectivity index (χ0v) is 11.9. The monoisotopic (exact) mass is 315 g/mol. The Hall–Kier alpha value is -2.86. The SMILES string of the molecule is O=C(C=C(O)c1nc[nH]n1)c1occc1-c1cccc(Cl)c1. The Bertz CT molecular complexity index is 837. The van der Waals surface area contributed by atoms with Gasteiger partial charge in [-0.05, 0) is 23.8 Å². The Morgan fingerprint density at radius 2 is 2.23 bits per heavy atom. The molecule has 0 aliphatic heterocycles. The van der Waals surface area contributed by atoms with Gasteiger partial charge in [-0.2, -0.15) is 5.10 Å². The quantitative estimate of drug-likeness (QED) is 0.437. The molecule has 2 aromatic heterocycles. The van der Waals surface area contributed by atoms with Crippen LogP contribution in [0.15, 0.2) is 53.4 Å². The third kappa shape index (κ3) is 2.77. The van der Waals surface area contributed by atoms with E-state index in [0.29, 0.717) is 10.6 Å². The van der Waals surface area contributed by atoms with E-state index in [1.165, 1.54) is 12.6 Å². The number of ketones is 1. The van der Waals surface area contributed by atoms with Crippen LogP contribution in [0.4, 0.5) is 0 Å². The van der Waals surface area contributed by atoms with E-state index in [4.69, 9.17) is 16.0 Å². The van der Waals surface area contributed by atoms with Gasteiger partial charge in [-0.1, -0.05) is 23.7 Å². The van der Waals surface area contributed by atoms with Crippen LogP contribution >= 0.6 is 11.6 Å². The minimum atomic E-state index is -0.498. The van der Waals surface area contributed by atoms with E-state index in [0.717, 1.165) is 11.6 Å². The molecule has 0 radical (unpaired) electrons. The maximum atomic E-state index is 12.3. The van der Waals surface area contributed by atoms with Crippen LogP contribution in [0.3, 0.4) is 0 Å².